The van der Waals surface area contributed by atoms with Gasteiger partial charge in [-0.25, -0.2) is 4.79 Å². The summed E-state index contributed by atoms with van der Waals surface area (Å²) in [7, 11) is 0. The fourth-order valence-corrected chi connectivity index (χ4v) is 2.10. The molecule has 20 heavy (non-hydrogen) atoms. The lowest BCUT2D eigenvalue weighted by Crippen LogP contribution is -2.06. The zero-order valence-electron chi connectivity index (χ0n) is 11.9. The van der Waals surface area contributed by atoms with Gasteiger partial charge >= 0.3 is 5.97 Å². The first-order valence-corrected chi connectivity index (χ1v) is 6.51. The van der Waals surface area contributed by atoms with E-state index in [4.69, 9.17) is 9.84 Å². The molecule has 2 aromatic carbocycles. The molecule has 0 bridgehead atoms. The number of carboxylic acid groups (broad SMARTS) is 1. The second-order valence-electron chi connectivity index (χ2n) is 4.95. The van der Waals surface area contributed by atoms with Gasteiger partial charge in [-0.15, -0.1) is 0 Å². The Bertz CT molecular complexity index is 645. The molecule has 0 fully saturated rings. The molecule has 3 nitrogen and oxygen atoms in total. The van der Waals surface area contributed by atoms with E-state index < -0.39 is 5.97 Å². The molecule has 0 spiro atoms. The maximum Gasteiger partial charge on any atom is 0.336 e. The molecule has 0 aliphatic heterocycles. The Labute approximate surface area is 118 Å². The molecule has 0 radical (unpaired) electrons. The van der Waals surface area contributed by atoms with Gasteiger partial charge in [0.2, 0.25) is 0 Å². The van der Waals surface area contributed by atoms with E-state index >= 15 is 0 Å². The van der Waals surface area contributed by atoms with E-state index in [1.54, 1.807) is 18.2 Å². The number of rotatable bonds is 4. The highest BCUT2D eigenvalue weighted by Crippen LogP contribution is 2.23. The lowest BCUT2D eigenvalue weighted by Gasteiger charge is -2.13. The van der Waals surface area contributed by atoms with Gasteiger partial charge in [0.15, 0.2) is 0 Å². The van der Waals surface area contributed by atoms with Crippen LogP contribution in [0.4, 0.5) is 0 Å². The zero-order chi connectivity index (χ0) is 14.7. The quantitative estimate of drug-likeness (QED) is 0.916. The molecule has 0 amide bonds. The summed E-state index contributed by atoms with van der Waals surface area (Å²) < 4.78 is 5.79. The summed E-state index contributed by atoms with van der Waals surface area (Å²) in [5.74, 6) is -0.130. The van der Waals surface area contributed by atoms with Crippen molar-refractivity contribution in [1.82, 2.24) is 0 Å². The SMILES string of the molecule is Cc1cc(C)c(OCc2ccccc2C(=O)O)cc1C. The van der Waals surface area contributed by atoms with E-state index in [-0.39, 0.29) is 12.2 Å². The monoisotopic (exact) mass is 270 g/mol. The Morgan fingerprint density at radius 1 is 1.05 bits per heavy atom. The minimum Gasteiger partial charge on any atom is -0.489 e. The molecule has 0 heterocycles. The molecule has 0 aromatic heterocycles. The summed E-state index contributed by atoms with van der Waals surface area (Å²) >= 11 is 0. The van der Waals surface area contributed by atoms with Gasteiger partial charge in [-0.1, -0.05) is 24.3 Å². The van der Waals surface area contributed by atoms with Crippen LogP contribution in [0.1, 0.15) is 32.6 Å². The Hall–Kier alpha value is -2.29. The average Bonchev–Trinajstić information content (AvgIpc) is 2.41. The fourth-order valence-electron chi connectivity index (χ4n) is 2.10. The second kappa shape index (κ2) is 5.78. The summed E-state index contributed by atoms with van der Waals surface area (Å²) in [6.07, 6.45) is 0. The van der Waals surface area contributed by atoms with Crippen molar-refractivity contribution in [3.63, 3.8) is 0 Å². The fraction of sp³-hybridized carbons (Fsp3) is 0.235. The van der Waals surface area contributed by atoms with Crippen LogP contribution in [0.15, 0.2) is 36.4 Å². The summed E-state index contributed by atoms with van der Waals surface area (Å²) in [6.45, 7) is 6.34. The van der Waals surface area contributed by atoms with Crippen molar-refractivity contribution in [2.45, 2.75) is 27.4 Å². The molecule has 0 saturated carbocycles. The van der Waals surface area contributed by atoms with Gasteiger partial charge in [0, 0.05) is 5.56 Å². The van der Waals surface area contributed by atoms with Crippen molar-refractivity contribution in [1.29, 1.82) is 0 Å². The predicted molar refractivity (Wildman–Crippen MR) is 78.4 cm³/mol. The van der Waals surface area contributed by atoms with Crippen LogP contribution in [0.2, 0.25) is 0 Å². The number of aromatic carboxylic acids is 1. The average molecular weight is 270 g/mol. The van der Waals surface area contributed by atoms with Crippen LogP contribution in [-0.2, 0) is 6.61 Å². The lowest BCUT2D eigenvalue weighted by atomic mass is 10.1. The van der Waals surface area contributed by atoms with Gasteiger partial charge in [0.1, 0.15) is 12.4 Å². The molecule has 2 aromatic rings. The van der Waals surface area contributed by atoms with Gasteiger partial charge in [-0.2, -0.15) is 0 Å². The number of hydrogen-bond donors (Lipinski definition) is 1. The Balaban J connectivity index is 2.21. The summed E-state index contributed by atoms with van der Waals surface area (Å²) in [5.41, 5.74) is 4.41. The molecular formula is C17H18O3. The molecule has 0 aliphatic rings. The maximum absolute atomic E-state index is 11.1. The molecule has 104 valence electrons. The van der Waals surface area contributed by atoms with E-state index in [2.05, 4.69) is 13.0 Å². The first kappa shape index (κ1) is 14.1. The van der Waals surface area contributed by atoms with Crippen LogP contribution in [-0.4, -0.2) is 11.1 Å². The van der Waals surface area contributed by atoms with E-state index in [1.165, 1.54) is 5.56 Å². The summed E-state index contributed by atoms with van der Waals surface area (Å²) in [4.78, 5) is 11.1. The highest BCUT2D eigenvalue weighted by atomic mass is 16.5. The molecule has 0 aliphatic carbocycles. The van der Waals surface area contributed by atoms with Gasteiger partial charge in [0.25, 0.3) is 0 Å². The number of ether oxygens (including phenoxy) is 1. The van der Waals surface area contributed by atoms with E-state index in [0.717, 1.165) is 16.9 Å². The van der Waals surface area contributed by atoms with Gasteiger partial charge in [-0.3, -0.25) is 0 Å². The topological polar surface area (TPSA) is 46.5 Å². The number of carboxylic acids is 1. The van der Waals surface area contributed by atoms with Crippen molar-refractivity contribution in [2.75, 3.05) is 0 Å². The molecule has 0 unspecified atom stereocenters. The third-order valence-electron chi connectivity index (χ3n) is 3.42. The Kier molecular flexibility index (Phi) is 4.08. The van der Waals surface area contributed by atoms with Gasteiger partial charge < -0.3 is 9.84 Å². The van der Waals surface area contributed by atoms with Crippen LogP contribution < -0.4 is 4.74 Å². The van der Waals surface area contributed by atoms with Crippen LogP contribution >= 0.6 is 0 Å². The van der Waals surface area contributed by atoms with Gasteiger partial charge in [-0.05, 0) is 49.6 Å². The van der Waals surface area contributed by atoms with Crippen LogP contribution in [0.3, 0.4) is 0 Å². The Morgan fingerprint density at radius 3 is 2.40 bits per heavy atom. The van der Waals surface area contributed by atoms with Crippen LogP contribution in [0.5, 0.6) is 5.75 Å². The normalized spacial score (nSPS) is 10.3. The first-order valence-electron chi connectivity index (χ1n) is 6.51. The van der Waals surface area contributed by atoms with Crippen molar-refractivity contribution < 1.29 is 14.6 Å². The largest absolute Gasteiger partial charge is 0.489 e. The molecule has 0 atom stereocenters. The highest BCUT2D eigenvalue weighted by Gasteiger charge is 2.10. The molecular weight excluding hydrogens is 252 g/mol. The van der Waals surface area contributed by atoms with Crippen molar-refractivity contribution in [3.8, 4) is 5.75 Å². The molecule has 2 rings (SSSR count). The molecule has 1 N–H and O–H groups in total. The first-order chi connectivity index (χ1) is 9.49. The van der Waals surface area contributed by atoms with Crippen molar-refractivity contribution >= 4 is 5.97 Å². The summed E-state index contributed by atoms with van der Waals surface area (Å²) in [6, 6.07) is 11.0. The maximum atomic E-state index is 11.1. The molecule has 0 saturated heterocycles. The lowest BCUT2D eigenvalue weighted by molar-refractivity contribution is 0.0694. The van der Waals surface area contributed by atoms with Crippen LogP contribution in [0, 0.1) is 20.8 Å². The second-order valence-corrected chi connectivity index (χ2v) is 4.95. The minimum atomic E-state index is -0.930. The Morgan fingerprint density at radius 2 is 1.70 bits per heavy atom. The van der Waals surface area contributed by atoms with Crippen LogP contribution in [0.25, 0.3) is 0 Å². The third kappa shape index (κ3) is 2.99. The van der Waals surface area contributed by atoms with E-state index in [9.17, 15) is 4.79 Å². The number of hydrogen-bond acceptors (Lipinski definition) is 2. The minimum absolute atomic E-state index is 0.256. The van der Waals surface area contributed by atoms with Crippen molar-refractivity contribution in [2.24, 2.45) is 0 Å². The number of benzene rings is 2. The standard InChI is InChI=1S/C17H18O3/c1-11-8-13(3)16(9-12(11)2)20-10-14-6-4-5-7-15(14)17(18)19/h4-9H,10H2,1-3H3,(H,18,19). The summed E-state index contributed by atoms with van der Waals surface area (Å²) in [5, 5.41) is 9.14. The molecule has 3 heteroatoms. The predicted octanol–water partition coefficient (Wildman–Crippen LogP) is 3.89. The number of aryl methyl sites for hydroxylation is 3. The smallest absolute Gasteiger partial charge is 0.336 e. The van der Waals surface area contributed by atoms with E-state index in [0.29, 0.717) is 5.56 Å². The van der Waals surface area contributed by atoms with Gasteiger partial charge in [0.05, 0.1) is 5.56 Å². The van der Waals surface area contributed by atoms with Crippen molar-refractivity contribution in [3.05, 3.63) is 64.2 Å². The zero-order valence-corrected chi connectivity index (χ0v) is 11.9. The highest BCUT2D eigenvalue weighted by molar-refractivity contribution is 5.89. The number of carbonyl (C=O) groups is 1. The third-order valence-corrected chi connectivity index (χ3v) is 3.42. The van der Waals surface area contributed by atoms with E-state index in [1.807, 2.05) is 26.0 Å².